The molecule has 0 bridgehead atoms. The average molecular weight is 378 g/mol. The Kier molecular flexibility index (Phi) is 4.29. The van der Waals surface area contributed by atoms with Gasteiger partial charge in [0.1, 0.15) is 0 Å². The average Bonchev–Trinajstić information content (AvgIpc) is 2.69. The van der Waals surface area contributed by atoms with E-state index in [1.165, 1.54) is 0 Å². The molecule has 0 saturated carbocycles. The van der Waals surface area contributed by atoms with Crippen molar-refractivity contribution in [1.29, 1.82) is 0 Å². The second kappa shape index (κ2) is 5.59. The largest absolute Gasteiger partial charge is 0.399 e. The van der Waals surface area contributed by atoms with Crippen molar-refractivity contribution in [1.82, 2.24) is 0 Å². The molecule has 1 saturated heterocycles. The van der Waals surface area contributed by atoms with Crippen LogP contribution in [0.15, 0.2) is 21.1 Å². The molecule has 1 amide bonds. The van der Waals surface area contributed by atoms with E-state index in [0.717, 1.165) is 15.4 Å². The second-order valence-electron chi connectivity index (χ2n) is 4.32. The predicted molar refractivity (Wildman–Crippen MR) is 78.4 cm³/mol. The molecule has 2 atom stereocenters. The molecule has 18 heavy (non-hydrogen) atoms. The molecule has 1 aliphatic rings. The lowest BCUT2D eigenvalue weighted by molar-refractivity contribution is -0.121. The van der Waals surface area contributed by atoms with Crippen LogP contribution in [0.25, 0.3) is 0 Å². The van der Waals surface area contributed by atoms with Gasteiger partial charge in [0, 0.05) is 21.2 Å². The van der Waals surface area contributed by atoms with Crippen molar-refractivity contribution in [2.75, 3.05) is 17.7 Å². The molecule has 3 N–H and O–H groups in total. The number of ether oxygens (including phenoxy) is 1. The Morgan fingerprint density at radius 2 is 2.06 bits per heavy atom. The van der Waals surface area contributed by atoms with Gasteiger partial charge in [-0.25, -0.2) is 0 Å². The number of carbonyl (C=O) groups is 1. The van der Waals surface area contributed by atoms with E-state index in [2.05, 4.69) is 37.2 Å². The molecule has 2 rings (SSSR count). The van der Waals surface area contributed by atoms with Crippen LogP contribution >= 0.6 is 31.9 Å². The van der Waals surface area contributed by atoms with Gasteiger partial charge in [-0.1, -0.05) is 0 Å². The van der Waals surface area contributed by atoms with Gasteiger partial charge in [0.2, 0.25) is 5.91 Å². The van der Waals surface area contributed by atoms with E-state index >= 15 is 0 Å². The van der Waals surface area contributed by atoms with Crippen molar-refractivity contribution in [3.05, 3.63) is 21.1 Å². The summed E-state index contributed by atoms with van der Waals surface area (Å²) in [5, 5.41) is 2.91. The van der Waals surface area contributed by atoms with E-state index in [1.807, 2.05) is 6.92 Å². The third kappa shape index (κ3) is 2.87. The highest BCUT2D eigenvalue weighted by Gasteiger charge is 2.31. The standard InChI is InChI=1S/C12H14Br2N2O2/c1-6-8(2-3-18-6)12(17)16-11-9(13)4-7(15)5-10(11)14/h4-6,8H,2-3,15H2,1H3,(H,16,17). The summed E-state index contributed by atoms with van der Waals surface area (Å²) in [5.41, 5.74) is 7.04. The molecule has 0 radical (unpaired) electrons. The minimum atomic E-state index is -0.0960. The fraction of sp³-hybridized carbons (Fsp3) is 0.417. The molecule has 0 aliphatic carbocycles. The molecule has 0 aromatic heterocycles. The van der Waals surface area contributed by atoms with E-state index in [4.69, 9.17) is 10.5 Å². The van der Waals surface area contributed by atoms with Gasteiger partial charge in [0.05, 0.1) is 17.7 Å². The smallest absolute Gasteiger partial charge is 0.230 e. The zero-order valence-electron chi connectivity index (χ0n) is 9.87. The Balaban J connectivity index is 2.17. The Hall–Kier alpha value is -0.590. The van der Waals surface area contributed by atoms with Crippen LogP contribution < -0.4 is 11.1 Å². The lowest BCUT2D eigenvalue weighted by atomic mass is 10.0. The molecule has 98 valence electrons. The fourth-order valence-electron chi connectivity index (χ4n) is 2.00. The molecule has 2 unspecified atom stereocenters. The predicted octanol–water partition coefficient (Wildman–Crippen LogP) is 3.16. The zero-order chi connectivity index (χ0) is 13.3. The van der Waals surface area contributed by atoms with Crippen LogP contribution in [0.3, 0.4) is 0 Å². The van der Waals surface area contributed by atoms with Crippen LogP contribution in [0, 0.1) is 5.92 Å². The van der Waals surface area contributed by atoms with Gasteiger partial charge in [-0.2, -0.15) is 0 Å². The van der Waals surface area contributed by atoms with Gasteiger partial charge in [0.15, 0.2) is 0 Å². The highest BCUT2D eigenvalue weighted by Crippen LogP contribution is 2.34. The molecule has 4 nitrogen and oxygen atoms in total. The maximum atomic E-state index is 12.2. The minimum absolute atomic E-state index is 0.0221. The first-order valence-corrected chi connectivity index (χ1v) is 7.24. The number of nitrogens with one attached hydrogen (secondary N) is 1. The molecule has 1 aromatic rings. The van der Waals surface area contributed by atoms with E-state index in [0.29, 0.717) is 18.0 Å². The summed E-state index contributed by atoms with van der Waals surface area (Å²) < 4.78 is 6.92. The number of amides is 1. The van der Waals surface area contributed by atoms with Gasteiger partial charge in [-0.05, 0) is 57.3 Å². The third-order valence-electron chi connectivity index (χ3n) is 3.03. The number of anilines is 2. The topological polar surface area (TPSA) is 64.3 Å². The maximum absolute atomic E-state index is 12.2. The van der Waals surface area contributed by atoms with Gasteiger partial charge in [0.25, 0.3) is 0 Å². The SMILES string of the molecule is CC1OCCC1C(=O)Nc1c(Br)cc(N)cc1Br. The van der Waals surface area contributed by atoms with Crippen molar-refractivity contribution in [3.63, 3.8) is 0 Å². The molecular formula is C12H14Br2N2O2. The number of nitrogen functional groups attached to an aromatic ring is 1. The Labute approximate surface area is 123 Å². The number of carbonyl (C=O) groups excluding carboxylic acids is 1. The van der Waals surface area contributed by atoms with E-state index < -0.39 is 0 Å². The van der Waals surface area contributed by atoms with Crippen LogP contribution in [-0.4, -0.2) is 18.6 Å². The van der Waals surface area contributed by atoms with Crippen LogP contribution in [0.4, 0.5) is 11.4 Å². The van der Waals surface area contributed by atoms with Crippen LogP contribution in [-0.2, 0) is 9.53 Å². The van der Waals surface area contributed by atoms with Gasteiger partial charge < -0.3 is 15.8 Å². The van der Waals surface area contributed by atoms with Crippen molar-refractivity contribution >= 4 is 49.1 Å². The van der Waals surface area contributed by atoms with Gasteiger partial charge >= 0.3 is 0 Å². The van der Waals surface area contributed by atoms with E-state index in [-0.39, 0.29) is 17.9 Å². The Bertz CT molecular complexity index is 456. The summed E-state index contributed by atoms with van der Waals surface area (Å²) >= 11 is 6.79. The summed E-state index contributed by atoms with van der Waals surface area (Å²) in [4.78, 5) is 12.2. The van der Waals surface area contributed by atoms with Crippen LogP contribution in [0.2, 0.25) is 0 Å². The maximum Gasteiger partial charge on any atom is 0.230 e. The number of rotatable bonds is 2. The lowest BCUT2D eigenvalue weighted by Gasteiger charge is -2.16. The molecule has 0 spiro atoms. The molecule has 1 fully saturated rings. The monoisotopic (exact) mass is 376 g/mol. The summed E-state index contributed by atoms with van der Waals surface area (Å²) in [5.74, 6) is -0.118. The fourth-order valence-corrected chi connectivity index (χ4v) is 3.42. The molecular weight excluding hydrogens is 364 g/mol. The number of benzene rings is 1. The molecule has 1 aliphatic heterocycles. The third-order valence-corrected chi connectivity index (χ3v) is 4.28. The first-order valence-electron chi connectivity index (χ1n) is 5.66. The van der Waals surface area contributed by atoms with Gasteiger partial charge in [-0.15, -0.1) is 0 Å². The first kappa shape index (κ1) is 13.8. The Morgan fingerprint density at radius 3 is 2.56 bits per heavy atom. The minimum Gasteiger partial charge on any atom is -0.399 e. The van der Waals surface area contributed by atoms with Crippen molar-refractivity contribution < 1.29 is 9.53 Å². The van der Waals surface area contributed by atoms with Gasteiger partial charge in [-0.3, -0.25) is 4.79 Å². The zero-order valence-corrected chi connectivity index (χ0v) is 13.0. The van der Waals surface area contributed by atoms with Crippen molar-refractivity contribution in [2.24, 2.45) is 5.92 Å². The number of nitrogens with two attached hydrogens (primary N) is 1. The van der Waals surface area contributed by atoms with E-state index in [1.54, 1.807) is 12.1 Å². The van der Waals surface area contributed by atoms with E-state index in [9.17, 15) is 4.79 Å². The second-order valence-corrected chi connectivity index (χ2v) is 6.03. The lowest BCUT2D eigenvalue weighted by Crippen LogP contribution is -2.28. The van der Waals surface area contributed by atoms with Crippen molar-refractivity contribution in [3.8, 4) is 0 Å². The normalized spacial score (nSPS) is 23.1. The molecule has 1 heterocycles. The summed E-state index contributed by atoms with van der Waals surface area (Å²) in [6, 6.07) is 3.52. The number of halogens is 2. The summed E-state index contributed by atoms with van der Waals surface area (Å²) in [7, 11) is 0. The van der Waals surface area contributed by atoms with Crippen molar-refractivity contribution in [2.45, 2.75) is 19.4 Å². The highest BCUT2D eigenvalue weighted by atomic mass is 79.9. The summed E-state index contributed by atoms with van der Waals surface area (Å²) in [6.07, 6.45) is 0.730. The van der Waals surface area contributed by atoms with Crippen LogP contribution in [0.5, 0.6) is 0 Å². The highest BCUT2D eigenvalue weighted by molar-refractivity contribution is 9.11. The number of hydrogen-bond donors (Lipinski definition) is 2. The number of hydrogen-bond acceptors (Lipinski definition) is 3. The molecule has 1 aromatic carbocycles. The van der Waals surface area contributed by atoms with Crippen LogP contribution in [0.1, 0.15) is 13.3 Å². The molecule has 6 heteroatoms. The summed E-state index contributed by atoms with van der Waals surface area (Å²) in [6.45, 7) is 2.56. The Morgan fingerprint density at radius 1 is 1.44 bits per heavy atom. The quantitative estimate of drug-likeness (QED) is 0.778. The first-order chi connectivity index (χ1) is 8.49.